The average molecular weight is 439 g/mol. The first-order valence-corrected chi connectivity index (χ1v) is 10.9. The van der Waals surface area contributed by atoms with Gasteiger partial charge in [-0.25, -0.2) is 0 Å². The Hall–Kier alpha value is -3.19. The number of nitrogens with zero attached hydrogens (tertiary/aromatic N) is 2. The summed E-state index contributed by atoms with van der Waals surface area (Å²) in [6, 6.07) is 8.10. The molecule has 1 fully saturated rings. The number of aryl methyl sites for hydroxylation is 1. The van der Waals surface area contributed by atoms with E-state index in [2.05, 4.69) is 11.9 Å². The molecule has 1 aliphatic heterocycles. The van der Waals surface area contributed by atoms with Crippen LogP contribution in [0.2, 0.25) is 0 Å². The third-order valence-electron chi connectivity index (χ3n) is 5.51. The number of rotatable bonds is 10. The van der Waals surface area contributed by atoms with Gasteiger partial charge in [0.1, 0.15) is 11.5 Å². The Morgan fingerprint density at radius 3 is 2.53 bits per heavy atom. The summed E-state index contributed by atoms with van der Waals surface area (Å²) in [5, 5.41) is 11.2. The van der Waals surface area contributed by atoms with Crippen LogP contribution in [0.4, 0.5) is 0 Å². The highest BCUT2D eigenvalue weighted by molar-refractivity contribution is 6.46. The number of aromatic nitrogens is 1. The topological polar surface area (TPSA) is 89.0 Å². The summed E-state index contributed by atoms with van der Waals surface area (Å²) in [7, 11) is 1.59. The summed E-state index contributed by atoms with van der Waals surface area (Å²) < 4.78 is 10.9. The van der Waals surface area contributed by atoms with Gasteiger partial charge >= 0.3 is 0 Å². The van der Waals surface area contributed by atoms with E-state index in [1.807, 2.05) is 6.92 Å². The van der Waals surface area contributed by atoms with Gasteiger partial charge in [-0.3, -0.25) is 14.6 Å². The summed E-state index contributed by atoms with van der Waals surface area (Å²) in [5.41, 5.74) is 2.12. The predicted octanol–water partition coefficient (Wildman–Crippen LogP) is 4.03. The SMILES string of the molecule is CCCCOc1ccc(C(O)=C2C(=O)C(=O)N(CCCOC)C2c2ccncc2)cc1C. The Kier molecular flexibility index (Phi) is 8.00. The van der Waals surface area contributed by atoms with Crippen LogP contribution in [0.25, 0.3) is 5.76 Å². The van der Waals surface area contributed by atoms with Gasteiger partial charge in [-0.2, -0.15) is 0 Å². The molecule has 1 saturated heterocycles. The number of likely N-dealkylation sites (tertiary alicyclic amines) is 1. The molecular weight excluding hydrogens is 408 g/mol. The first-order valence-electron chi connectivity index (χ1n) is 10.9. The molecule has 0 saturated carbocycles. The molecule has 0 bridgehead atoms. The second kappa shape index (κ2) is 10.9. The van der Waals surface area contributed by atoms with Crippen molar-refractivity contribution in [3.05, 3.63) is 65.0 Å². The average Bonchev–Trinajstić information content (AvgIpc) is 3.05. The zero-order valence-corrected chi connectivity index (χ0v) is 18.8. The fourth-order valence-corrected chi connectivity index (χ4v) is 3.82. The highest BCUT2D eigenvalue weighted by Gasteiger charge is 2.45. The Morgan fingerprint density at radius 1 is 1.12 bits per heavy atom. The summed E-state index contributed by atoms with van der Waals surface area (Å²) in [6.45, 7) is 5.41. The van der Waals surface area contributed by atoms with Crippen LogP contribution in [-0.4, -0.2) is 53.5 Å². The Bertz CT molecular complexity index is 987. The summed E-state index contributed by atoms with van der Waals surface area (Å²) in [6.07, 6.45) is 5.79. The van der Waals surface area contributed by atoms with E-state index >= 15 is 0 Å². The molecule has 1 N–H and O–H groups in total. The van der Waals surface area contributed by atoms with E-state index in [1.54, 1.807) is 49.8 Å². The molecule has 3 rings (SSSR count). The number of hydrogen-bond acceptors (Lipinski definition) is 6. The summed E-state index contributed by atoms with van der Waals surface area (Å²) >= 11 is 0. The van der Waals surface area contributed by atoms with Crippen LogP contribution in [0.3, 0.4) is 0 Å². The normalized spacial score (nSPS) is 17.7. The number of ketones is 1. The number of aliphatic hydroxyl groups is 1. The predicted molar refractivity (Wildman–Crippen MR) is 121 cm³/mol. The maximum Gasteiger partial charge on any atom is 0.295 e. The van der Waals surface area contributed by atoms with Gasteiger partial charge < -0.3 is 19.5 Å². The third kappa shape index (κ3) is 4.99. The number of pyridine rings is 1. The molecule has 1 atom stereocenters. The second-order valence-electron chi connectivity index (χ2n) is 7.80. The summed E-state index contributed by atoms with van der Waals surface area (Å²) in [5.74, 6) is -0.772. The van der Waals surface area contributed by atoms with Crippen LogP contribution in [0.5, 0.6) is 5.75 Å². The first-order chi connectivity index (χ1) is 15.5. The lowest BCUT2D eigenvalue weighted by Gasteiger charge is -2.25. The number of hydrogen-bond donors (Lipinski definition) is 1. The van der Waals surface area contributed by atoms with Crippen molar-refractivity contribution >= 4 is 17.4 Å². The van der Waals surface area contributed by atoms with Crippen LogP contribution < -0.4 is 4.74 Å². The van der Waals surface area contributed by atoms with Gasteiger partial charge in [-0.05, 0) is 61.2 Å². The van der Waals surface area contributed by atoms with Crippen LogP contribution in [-0.2, 0) is 14.3 Å². The molecule has 32 heavy (non-hydrogen) atoms. The molecule has 1 aromatic carbocycles. The lowest BCUT2D eigenvalue weighted by Crippen LogP contribution is -2.31. The van der Waals surface area contributed by atoms with Crippen molar-refractivity contribution in [3.8, 4) is 5.75 Å². The number of benzene rings is 1. The molecule has 7 nitrogen and oxygen atoms in total. The minimum atomic E-state index is -0.692. The van der Waals surface area contributed by atoms with Crippen LogP contribution in [0.15, 0.2) is 48.3 Å². The third-order valence-corrected chi connectivity index (χ3v) is 5.51. The van der Waals surface area contributed by atoms with Gasteiger partial charge in [0.2, 0.25) is 0 Å². The van der Waals surface area contributed by atoms with Gasteiger partial charge in [0.25, 0.3) is 11.7 Å². The quantitative estimate of drug-likeness (QED) is 0.261. The van der Waals surface area contributed by atoms with E-state index in [1.165, 1.54) is 4.90 Å². The van der Waals surface area contributed by atoms with Crippen LogP contribution >= 0.6 is 0 Å². The van der Waals surface area contributed by atoms with Crippen molar-refractivity contribution in [2.75, 3.05) is 26.9 Å². The van der Waals surface area contributed by atoms with E-state index in [0.29, 0.717) is 31.7 Å². The molecule has 0 spiro atoms. The Labute approximate surface area is 188 Å². The van der Waals surface area contributed by atoms with Crippen molar-refractivity contribution in [1.29, 1.82) is 0 Å². The molecule has 0 radical (unpaired) electrons. The van der Waals surface area contributed by atoms with E-state index < -0.39 is 17.7 Å². The maximum absolute atomic E-state index is 13.0. The second-order valence-corrected chi connectivity index (χ2v) is 7.80. The number of unbranched alkanes of at least 4 members (excludes halogenated alkanes) is 1. The number of carbonyl (C=O) groups is 2. The molecular formula is C25H30N2O5. The van der Waals surface area contributed by atoms with Crippen molar-refractivity contribution < 1.29 is 24.2 Å². The zero-order valence-electron chi connectivity index (χ0n) is 18.8. The molecule has 0 aliphatic carbocycles. The minimum Gasteiger partial charge on any atom is -0.507 e. The maximum atomic E-state index is 13.0. The Morgan fingerprint density at radius 2 is 1.88 bits per heavy atom. The first kappa shape index (κ1) is 23.5. The van der Waals surface area contributed by atoms with Gasteiger partial charge in [0.05, 0.1) is 18.2 Å². The van der Waals surface area contributed by atoms with Gasteiger partial charge in [-0.15, -0.1) is 0 Å². The largest absolute Gasteiger partial charge is 0.507 e. The molecule has 1 amide bonds. The molecule has 2 heterocycles. The summed E-state index contributed by atoms with van der Waals surface area (Å²) in [4.78, 5) is 31.4. The zero-order chi connectivity index (χ0) is 23.1. The van der Waals surface area contributed by atoms with Gasteiger partial charge in [0.15, 0.2) is 0 Å². The number of amides is 1. The molecule has 170 valence electrons. The molecule has 2 aromatic rings. The minimum absolute atomic E-state index is 0.0812. The number of Topliss-reactive ketones (excluding diaryl/α,β-unsaturated/α-hetero) is 1. The van der Waals surface area contributed by atoms with Crippen LogP contribution in [0.1, 0.15) is 48.9 Å². The number of ether oxygens (including phenoxy) is 2. The number of aliphatic hydroxyl groups excluding tert-OH is 1. The van der Waals surface area contributed by atoms with E-state index in [9.17, 15) is 14.7 Å². The van der Waals surface area contributed by atoms with Crippen molar-refractivity contribution in [2.45, 2.75) is 39.2 Å². The fraction of sp³-hybridized carbons (Fsp3) is 0.400. The number of methoxy groups -OCH3 is 1. The van der Waals surface area contributed by atoms with E-state index in [4.69, 9.17) is 9.47 Å². The van der Waals surface area contributed by atoms with Gasteiger partial charge in [-0.1, -0.05) is 13.3 Å². The van der Waals surface area contributed by atoms with Crippen molar-refractivity contribution in [3.63, 3.8) is 0 Å². The highest BCUT2D eigenvalue weighted by Crippen LogP contribution is 2.39. The van der Waals surface area contributed by atoms with E-state index in [0.717, 1.165) is 29.7 Å². The lowest BCUT2D eigenvalue weighted by atomic mass is 9.95. The molecule has 1 aliphatic rings. The Balaban J connectivity index is 2.01. The molecule has 1 aromatic heterocycles. The fourth-order valence-electron chi connectivity index (χ4n) is 3.82. The standard InChI is InChI=1S/C25H30N2O5/c1-4-5-15-32-20-8-7-19(16-17(20)2)23(28)21-22(18-9-11-26-12-10-18)27(13-6-14-31-3)25(30)24(21)29/h7-12,16,22,28H,4-6,13-15H2,1-3H3. The molecule has 7 heteroatoms. The number of carbonyl (C=O) groups excluding carboxylic acids is 2. The smallest absolute Gasteiger partial charge is 0.295 e. The van der Waals surface area contributed by atoms with Crippen LogP contribution in [0, 0.1) is 6.92 Å². The lowest BCUT2D eigenvalue weighted by molar-refractivity contribution is -0.140. The monoisotopic (exact) mass is 438 g/mol. The van der Waals surface area contributed by atoms with Crippen molar-refractivity contribution in [2.24, 2.45) is 0 Å². The van der Waals surface area contributed by atoms with Gasteiger partial charge in [0, 0.05) is 38.2 Å². The van der Waals surface area contributed by atoms with Crippen molar-refractivity contribution in [1.82, 2.24) is 9.88 Å². The molecule has 1 unspecified atom stereocenters. The van der Waals surface area contributed by atoms with E-state index in [-0.39, 0.29) is 11.3 Å². The highest BCUT2D eigenvalue weighted by atomic mass is 16.5.